The fraction of sp³-hybridized carbons (Fsp3) is 0.762. The van der Waals surface area contributed by atoms with Crippen LogP contribution in [0.1, 0.15) is 103 Å². The van der Waals surface area contributed by atoms with Crippen LogP contribution in [0.4, 0.5) is 0 Å². The minimum absolute atomic E-state index is 0.338. The van der Waals surface area contributed by atoms with Crippen LogP contribution in [0.25, 0.3) is 0 Å². The molecule has 0 aromatic carbocycles. The van der Waals surface area contributed by atoms with E-state index in [0.29, 0.717) is 6.42 Å². The van der Waals surface area contributed by atoms with Gasteiger partial charge in [0.1, 0.15) is 0 Å². The highest BCUT2D eigenvalue weighted by Crippen LogP contribution is 2.12. The van der Waals surface area contributed by atoms with Crippen molar-refractivity contribution in [1.82, 2.24) is 0 Å². The van der Waals surface area contributed by atoms with Crippen molar-refractivity contribution >= 4 is 5.97 Å². The molecule has 2 nitrogen and oxygen atoms in total. The average Bonchev–Trinajstić information content (AvgIpc) is 2.53. The summed E-state index contributed by atoms with van der Waals surface area (Å²) in [5.74, 6) is -0.658. The summed E-state index contributed by atoms with van der Waals surface area (Å²) < 4.78 is 0. The SMILES string of the molecule is CCC=CCC=CCCCCCCCCCCCCCC(=O)O. The molecule has 0 aromatic rings. The lowest BCUT2D eigenvalue weighted by Gasteiger charge is -2.02. The van der Waals surface area contributed by atoms with Crippen LogP contribution < -0.4 is 0 Å². The van der Waals surface area contributed by atoms with Crippen molar-refractivity contribution in [2.75, 3.05) is 0 Å². The molecule has 0 rings (SSSR count). The van der Waals surface area contributed by atoms with Gasteiger partial charge in [-0.3, -0.25) is 4.79 Å². The molecule has 1 N–H and O–H groups in total. The van der Waals surface area contributed by atoms with E-state index < -0.39 is 5.97 Å². The molecule has 0 bridgehead atoms. The van der Waals surface area contributed by atoms with Crippen LogP contribution >= 0.6 is 0 Å². The number of allylic oxidation sites excluding steroid dienone is 4. The van der Waals surface area contributed by atoms with Crippen molar-refractivity contribution in [3.63, 3.8) is 0 Å². The second-order valence-electron chi connectivity index (χ2n) is 6.41. The third-order valence-corrected chi connectivity index (χ3v) is 4.10. The van der Waals surface area contributed by atoms with E-state index in [0.717, 1.165) is 25.7 Å². The number of rotatable bonds is 17. The first kappa shape index (κ1) is 21.9. The number of hydrogen-bond acceptors (Lipinski definition) is 1. The molecule has 0 aliphatic rings. The van der Waals surface area contributed by atoms with Crippen LogP contribution in [0.5, 0.6) is 0 Å². The molecule has 0 spiro atoms. The Morgan fingerprint density at radius 1 is 0.696 bits per heavy atom. The Kier molecular flexibility index (Phi) is 18.1. The Morgan fingerprint density at radius 3 is 1.70 bits per heavy atom. The zero-order chi connectivity index (χ0) is 17.0. The molecule has 0 saturated heterocycles. The van der Waals surface area contributed by atoms with E-state index in [1.807, 2.05) is 0 Å². The molecule has 0 aromatic heterocycles. The van der Waals surface area contributed by atoms with Gasteiger partial charge in [0, 0.05) is 6.42 Å². The molecule has 2 heteroatoms. The number of carboxylic acids is 1. The molecule has 0 radical (unpaired) electrons. The molecule has 0 amide bonds. The molecule has 23 heavy (non-hydrogen) atoms. The summed E-state index contributed by atoms with van der Waals surface area (Å²) in [4.78, 5) is 10.4. The minimum Gasteiger partial charge on any atom is -0.481 e. The second-order valence-corrected chi connectivity index (χ2v) is 6.41. The first-order valence-electron chi connectivity index (χ1n) is 9.79. The van der Waals surface area contributed by atoms with Gasteiger partial charge in [0.2, 0.25) is 0 Å². The standard InChI is InChI=1S/C21H38O2/c1-2-3-4-5-6-7-8-9-10-11-12-13-14-15-16-17-18-19-20-21(22)23/h3-4,6-7H,2,5,8-20H2,1H3,(H,22,23). The van der Waals surface area contributed by atoms with E-state index in [-0.39, 0.29) is 0 Å². The molecule has 0 unspecified atom stereocenters. The van der Waals surface area contributed by atoms with E-state index in [1.165, 1.54) is 64.2 Å². The summed E-state index contributed by atoms with van der Waals surface area (Å²) in [6.07, 6.45) is 26.7. The Morgan fingerprint density at radius 2 is 1.17 bits per heavy atom. The Labute approximate surface area is 144 Å². The van der Waals surface area contributed by atoms with Crippen molar-refractivity contribution in [2.45, 2.75) is 103 Å². The quantitative estimate of drug-likeness (QED) is 0.230. The molecule has 0 heterocycles. The summed E-state index contributed by atoms with van der Waals surface area (Å²) in [5, 5.41) is 8.54. The molecule has 0 aliphatic heterocycles. The van der Waals surface area contributed by atoms with Gasteiger partial charge in [0.15, 0.2) is 0 Å². The normalized spacial score (nSPS) is 11.7. The van der Waals surface area contributed by atoms with Crippen molar-refractivity contribution in [1.29, 1.82) is 0 Å². The van der Waals surface area contributed by atoms with Gasteiger partial charge in [0.25, 0.3) is 0 Å². The summed E-state index contributed by atoms with van der Waals surface area (Å²) in [5.41, 5.74) is 0. The number of carbonyl (C=O) groups is 1. The van der Waals surface area contributed by atoms with E-state index in [9.17, 15) is 4.79 Å². The van der Waals surface area contributed by atoms with Gasteiger partial charge >= 0.3 is 5.97 Å². The lowest BCUT2D eigenvalue weighted by atomic mass is 10.0. The maximum atomic E-state index is 10.4. The smallest absolute Gasteiger partial charge is 0.303 e. The third kappa shape index (κ3) is 21.0. The Balaban J connectivity index is 3.08. The zero-order valence-electron chi connectivity index (χ0n) is 15.3. The van der Waals surface area contributed by atoms with Crippen molar-refractivity contribution in [3.8, 4) is 0 Å². The van der Waals surface area contributed by atoms with Gasteiger partial charge in [0.05, 0.1) is 0 Å². The van der Waals surface area contributed by atoms with E-state index in [4.69, 9.17) is 5.11 Å². The number of unbranched alkanes of at least 4 members (excludes halogenated alkanes) is 11. The molecule has 0 saturated carbocycles. The summed E-state index contributed by atoms with van der Waals surface area (Å²) >= 11 is 0. The average molecular weight is 323 g/mol. The highest BCUT2D eigenvalue weighted by atomic mass is 16.4. The van der Waals surface area contributed by atoms with Crippen LogP contribution in [0, 0.1) is 0 Å². The molecular formula is C21H38O2. The van der Waals surface area contributed by atoms with Gasteiger partial charge in [-0.1, -0.05) is 89.0 Å². The van der Waals surface area contributed by atoms with Gasteiger partial charge < -0.3 is 5.11 Å². The Bertz CT molecular complexity index is 305. The van der Waals surface area contributed by atoms with Crippen LogP contribution in [0.2, 0.25) is 0 Å². The molecular weight excluding hydrogens is 284 g/mol. The van der Waals surface area contributed by atoms with Gasteiger partial charge in [-0.2, -0.15) is 0 Å². The van der Waals surface area contributed by atoms with Crippen LogP contribution in [0.15, 0.2) is 24.3 Å². The predicted octanol–water partition coefficient (Wildman–Crippen LogP) is 7.05. The first-order chi connectivity index (χ1) is 11.3. The van der Waals surface area contributed by atoms with Crippen LogP contribution in [-0.4, -0.2) is 11.1 Å². The van der Waals surface area contributed by atoms with E-state index in [2.05, 4.69) is 31.2 Å². The van der Waals surface area contributed by atoms with Crippen molar-refractivity contribution < 1.29 is 9.90 Å². The van der Waals surface area contributed by atoms with E-state index >= 15 is 0 Å². The highest BCUT2D eigenvalue weighted by Gasteiger charge is 1.96. The maximum Gasteiger partial charge on any atom is 0.303 e. The minimum atomic E-state index is -0.658. The molecule has 134 valence electrons. The Hall–Kier alpha value is -1.05. The maximum absolute atomic E-state index is 10.4. The first-order valence-corrected chi connectivity index (χ1v) is 9.79. The fourth-order valence-electron chi connectivity index (χ4n) is 2.68. The van der Waals surface area contributed by atoms with Gasteiger partial charge in [-0.25, -0.2) is 0 Å². The summed E-state index contributed by atoms with van der Waals surface area (Å²) in [6.45, 7) is 2.17. The van der Waals surface area contributed by atoms with Gasteiger partial charge in [-0.05, 0) is 32.1 Å². The third-order valence-electron chi connectivity index (χ3n) is 4.10. The second kappa shape index (κ2) is 19.0. The van der Waals surface area contributed by atoms with Crippen LogP contribution in [-0.2, 0) is 4.79 Å². The molecule has 0 atom stereocenters. The number of aliphatic carboxylic acids is 1. The van der Waals surface area contributed by atoms with Gasteiger partial charge in [-0.15, -0.1) is 0 Å². The topological polar surface area (TPSA) is 37.3 Å². The largest absolute Gasteiger partial charge is 0.481 e. The monoisotopic (exact) mass is 322 g/mol. The summed E-state index contributed by atoms with van der Waals surface area (Å²) in [6, 6.07) is 0. The lowest BCUT2D eigenvalue weighted by Crippen LogP contribution is -1.93. The van der Waals surface area contributed by atoms with E-state index in [1.54, 1.807) is 0 Å². The number of hydrogen-bond donors (Lipinski definition) is 1. The summed E-state index contributed by atoms with van der Waals surface area (Å²) in [7, 11) is 0. The number of carboxylic acid groups (broad SMARTS) is 1. The fourth-order valence-corrected chi connectivity index (χ4v) is 2.68. The molecule has 0 fully saturated rings. The molecule has 0 aliphatic carbocycles. The predicted molar refractivity (Wildman–Crippen MR) is 101 cm³/mol. The van der Waals surface area contributed by atoms with Crippen LogP contribution in [0.3, 0.4) is 0 Å². The van der Waals surface area contributed by atoms with Crippen molar-refractivity contribution in [3.05, 3.63) is 24.3 Å². The zero-order valence-corrected chi connectivity index (χ0v) is 15.3. The van der Waals surface area contributed by atoms with Crippen molar-refractivity contribution in [2.24, 2.45) is 0 Å². The lowest BCUT2D eigenvalue weighted by molar-refractivity contribution is -0.137. The highest BCUT2D eigenvalue weighted by molar-refractivity contribution is 5.66.